The molecular weight excluding hydrogens is 282 g/mol. The summed E-state index contributed by atoms with van der Waals surface area (Å²) < 4.78 is 3.36. The third-order valence-corrected chi connectivity index (χ3v) is 3.35. The van der Waals surface area contributed by atoms with Crippen molar-refractivity contribution in [3.8, 4) is 0 Å². The fraction of sp³-hybridized carbons (Fsp3) is 0.100. The number of pyridine rings is 1. The number of halogens is 2. The third kappa shape index (κ3) is 3.08. The highest BCUT2D eigenvalue weighted by Gasteiger charge is 2.03. The van der Waals surface area contributed by atoms with Crippen molar-refractivity contribution in [1.82, 2.24) is 0 Å². The highest BCUT2D eigenvalue weighted by atomic mass is 79.9. The van der Waals surface area contributed by atoms with Gasteiger partial charge in [0.25, 0.3) is 0 Å². The molecule has 0 amide bonds. The van der Waals surface area contributed by atoms with Crippen LogP contribution in [0.2, 0.25) is 0 Å². The minimum atomic E-state index is 0. The molecule has 0 aliphatic rings. The molecule has 74 valence electrons. The van der Waals surface area contributed by atoms with Crippen molar-refractivity contribution in [2.24, 2.45) is 0 Å². The molecule has 2 heterocycles. The van der Waals surface area contributed by atoms with Crippen molar-refractivity contribution in [2.75, 3.05) is 0 Å². The molecule has 14 heavy (non-hydrogen) atoms. The Balaban J connectivity index is 0.000000980. The van der Waals surface area contributed by atoms with Gasteiger partial charge in [-0.2, -0.15) is 4.57 Å². The molecule has 4 heteroatoms. The predicted octanol–water partition coefficient (Wildman–Crippen LogP) is -0.150. The van der Waals surface area contributed by atoms with Crippen molar-refractivity contribution in [1.29, 1.82) is 0 Å². The van der Waals surface area contributed by atoms with Gasteiger partial charge in [0.15, 0.2) is 18.9 Å². The summed E-state index contributed by atoms with van der Waals surface area (Å²) in [6, 6.07) is 10.4. The normalized spacial score (nSPS) is 9.50. The Morgan fingerprint density at radius 3 is 2.43 bits per heavy atom. The van der Waals surface area contributed by atoms with Gasteiger partial charge >= 0.3 is 0 Å². The molecule has 0 aliphatic heterocycles. The molecular formula is C10H9BrClNS. The van der Waals surface area contributed by atoms with Crippen molar-refractivity contribution in [3.63, 3.8) is 0 Å². The highest BCUT2D eigenvalue weighted by molar-refractivity contribution is 9.11. The van der Waals surface area contributed by atoms with Gasteiger partial charge in [-0.1, -0.05) is 6.07 Å². The maximum Gasteiger partial charge on any atom is 0.182 e. The lowest BCUT2D eigenvalue weighted by Crippen LogP contribution is -3.00. The summed E-state index contributed by atoms with van der Waals surface area (Å²) in [4.78, 5) is 1.36. The second-order valence-corrected chi connectivity index (χ2v) is 5.30. The Morgan fingerprint density at radius 1 is 1.14 bits per heavy atom. The van der Waals surface area contributed by atoms with Crippen LogP contribution in [0, 0.1) is 0 Å². The van der Waals surface area contributed by atoms with Crippen molar-refractivity contribution < 1.29 is 17.0 Å². The molecule has 1 nitrogen and oxygen atoms in total. The minimum absolute atomic E-state index is 0. The molecule has 0 fully saturated rings. The summed E-state index contributed by atoms with van der Waals surface area (Å²) in [5.41, 5.74) is 0. The van der Waals surface area contributed by atoms with E-state index in [-0.39, 0.29) is 12.4 Å². The lowest BCUT2D eigenvalue weighted by atomic mass is 10.4. The fourth-order valence-electron chi connectivity index (χ4n) is 1.16. The second-order valence-electron chi connectivity index (χ2n) is 2.75. The summed E-state index contributed by atoms with van der Waals surface area (Å²) in [6.07, 6.45) is 4.15. The summed E-state index contributed by atoms with van der Waals surface area (Å²) in [7, 11) is 0. The molecule has 2 rings (SSSR count). The third-order valence-electron chi connectivity index (χ3n) is 1.74. The molecule has 0 saturated carbocycles. The van der Waals surface area contributed by atoms with Gasteiger partial charge in [0, 0.05) is 12.1 Å². The number of aromatic nitrogens is 1. The van der Waals surface area contributed by atoms with E-state index >= 15 is 0 Å². The maximum absolute atomic E-state index is 3.45. The molecule has 0 radical (unpaired) electrons. The zero-order chi connectivity index (χ0) is 9.10. The van der Waals surface area contributed by atoms with E-state index in [2.05, 4.69) is 45.0 Å². The lowest BCUT2D eigenvalue weighted by molar-refractivity contribution is -0.687. The molecule has 0 spiro atoms. The monoisotopic (exact) mass is 289 g/mol. The number of hydrogen-bond donors (Lipinski definition) is 0. The molecule has 0 N–H and O–H groups in total. The van der Waals surface area contributed by atoms with Gasteiger partial charge in [0.1, 0.15) is 0 Å². The van der Waals surface area contributed by atoms with E-state index in [9.17, 15) is 0 Å². The van der Waals surface area contributed by atoms with E-state index in [1.165, 1.54) is 8.66 Å². The first-order chi connectivity index (χ1) is 6.34. The number of rotatable bonds is 2. The second kappa shape index (κ2) is 5.49. The molecule has 0 unspecified atom stereocenters. The molecule has 2 aromatic heterocycles. The van der Waals surface area contributed by atoms with Crippen LogP contribution in [-0.2, 0) is 6.54 Å². The van der Waals surface area contributed by atoms with Gasteiger partial charge in [-0.05, 0) is 28.1 Å². The Kier molecular flexibility index (Phi) is 4.58. The SMILES string of the molecule is Brc1ccc(C[n+]2ccccc2)s1.[Cl-]. The van der Waals surface area contributed by atoms with Crippen molar-refractivity contribution >= 4 is 27.3 Å². The van der Waals surface area contributed by atoms with Crippen molar-refractivity contribution in [3.05, 3.63) is 51.4 Å². The lowest BCUT2D eigenvalue weighted by Gasteiger charge is -1.91. The molecule has 0 saturated heterocycles. The van der Waals surface area contributed by atoms with E-state index in [1.807, 2.05) is 18.2 Å². The molecule has 0 aromatic carbocycles. The Labute approximate surface area is 102 Å². The van der Waals surface area contributed by atoms with E-state index < -0.39 is 0 Å². The summed E-state index contributed by atoms with van der Waals surface area (Å²) >= 11 is 5.23. The zero-order valence-electron chi connectivity index (χ0n) is 7.36. The van der Waals surface area contributed by atoms with E-state index in [4.69, 9.17) is 0 Å². The van der Waals surface area contributed by atoms with Crippen LogP contribution in [0.5, 0.6) is 0 Å². The van der Waals surface area contributed by atoms with E-state index in [0.717, 1.165) is 6.54 Å². The first kappa shape index (κ1) is 11.7. The number of nitrogens with zero attached hydrogens (tertiary/aromatic N) is 1. The van der Waals surface area contributed by atoms with Crippen LogP contribution < -0.4 is 17.0 Å². The van der Waals surface area contributed by atoms with Crippen LogP contribution in [0.1, 0.15) is 4.88 Å². The van der Waals surface area contributed by atoms with Crippen LogP contribution in [0.4, 0.5) is 0 Å². The van der Waals surface area contributed by atoms with Crippen LogP contribution >= 0.6 is 27.3 Å². The first-order valence-electron chi connectivity index (χ1n) is 4.03. The largest absolute Gasteiger partial charge is 1.00 e. The van der Waals surface area contributed by atoms with Crippen LogP contribution in [0.3, 0.4) is 0 Å². The zero-order valence-corrected chi connectivity index (χ0v) is 10.5. The average molecular weight is 291 g/mol. The standard InChI is InChI=1S/C10H9BrNS.ClH/c11-10-5-4-9(13-10)8-12-6-2-1-3-7-12;/h1-7H,8H2;1H/q+1;/p-1. The number of hydrogen-bond acceptors (Lipinski definition) is 1. The van der Waals surface area contributed by atoms with E-state index in [0.29, 0.717) is 0 Å². The topological polar surface area (TPSA) is 3.88 Å². The molecule has 0 bridgehead atoms. The number of thiophene rings is 1. The quantitative estimate of drug-likeness (QED) is 0.678. The Hall–Kier alpha value is -0.380. The summed E-state index contributed by atoms with van der Waals surface area (Å²) in [6.45, 7) is 0.955. The van der Waals surface area contributed by atoms with Gasteiger partial charge in [0.05, 0.1) is 8.66 Å². The van der Waals surface area contributed by atoms with Crippen LogP contribution in [0.15, 0.2) is 46.5 Å². The Morgan fingerprint density at radius 2 is 1.86 bits per heavy atom. The predicted molar refractivity (Wildman–Crippen MR) is 57.8 cm³/mol. The van der Waals surface area contributed by atoms with Crippen LogP contribution in [-0.4, -0.2) is 0 Å². The van der Waals surface area contributed by atoms with Gasteiger partial charge in [-0.25, -0.2) is 0 Å². The van der Waals surface area contributed by atoms with E-state index in [1.54, 1.807) is 11.3 Å². The summed E-state index contributed by atoms with van der Waals surface area (Å²) in [5, 5.41) is 0. The molecule has 0 atom stereocenters. The average Bonchev–Trinajstić information content (AvgIpc) is 2.53. The summed E-state index contributed by atoms with van der Waals surface area (Å²) in [5.74, 6) is 0. The maximum atomic E-state index is 3.45. The van der Waals surface area contributed by atoms with Gasteiger partial charge in [-0.15, -0.1) is 11.3 Å². The minimum Gasteiger partial charge on any atom is -1.00 e. The van der Waals surface area contributed by atoms with Gasteiger partial charge in [-0.3, -0.25) is 0 Å². The fourth-order valence-corrected chi connectivity index (χ4v) is 2.65. The van der Waals surface area contributed by atoms with Crippen molar-refractivity contribution in [2.45, 2.75) is 6.54 Å². The van der Waals surface area contributed by atoms with Crippen LogP contribution in [0.25, 0.3) is 0 Å². The van der Waals surface area contributed by atoms with Gasteiger partial charge in [0.2, 0.25) is 0 Å². The van der Waals surface area contributed by atoms with Gasteiger partial charge < -0.3 is 12.4 Å². The smallest absolute Gasteiger partial charge is 0.182 e. The molecule has 0 aliphatic carbocycles. The first-order valence-corrected chi connectivity index (χ1v) is 5.64. The Bertz CT molecular complexity index is 388. The molecule has 2 aromatic rings. The highest BCUT2D eigenvalue weighted by Crippen LogP contribution is 2.21.